The van der Waals surface area contributed by atoms with E-state index in [9.17, 15) is 29.4 Å². The number of fused-ring (bicyclic) bond motifs is 2. The zero-order chi connectivity index (χ0) is 35.2. The second-order valence-corrected chi connectivity index (χ2v) is 21.5. The second kappa shape index (κ2) is 18.4. The maximum atomic E-state index is 13.1. The molecule has 4 aromatic carbocycles. The third kappa shape index (κ3) is 11.4. The molecule has 4 aromatic rings. The molecule has 0 saturated carbocycles. The van der Waals surface area contributed by atoms with E-state index in [-0.39, 0.29) is 61.8 Å². The molecule has 0 fully saturated rings. The van der Waals surface area contributed by atoms with Gasteiger partial charge >= 0.3 is 283 Å². The Balaban J connectivity index is 1.29. The number of anilines is 2. The van der Waals surface area contributed by atoms with Gasteiger partial charge in [-0.15, -0.1) is 0 Å². The van der Waals surface area contributed by atoms with Gasteiger partial charge in [0.2, 0.25) is 0 Å². The van der Waals surface area contributed by atoms with E-state index in [2.05, 4.69) is 10.6 Å². The second-order valence-electron chi connectivity index (χ2n) is 12.3. The molecule has 10 nitrogen and oxygen atoms in total. The summed E-state index contributed by atoms with van der Waals surface area (Å²) in [6, 6.07) is 20.7. The molecule has 0 aromatic heterocycles. The number of phenols is 2. The van der Waals surface area contributed by atoms with Gasteiger partial charge in [-0.3, -0.25) is 0 Å². The Morgan fingerprint density at radius 1 is 0.592 bits per heavy atom. The van der Waals surface area contributed by atoms with E-state index in [0.29, 0.717) is 20.2 Å². The zero-order valence-electron chi connectivity index (χ0n) is 28.3. The molecule has 0 spiro atoms. The van der Waals surface area contributed by atoms with Gasteiger partial charge in [-0.25, -0.2) is 0 Å². The molecule has 0 aliphatic heterocycles. The van der Waals surface area contributed by atoms with Crippen molar-refractivity contribution in [2.75, 3.05) is 10.6 Å². The topological polar surface area (TPSA) is 151 Å². The van der Waals surface area contributed by atoms with Crippen molar-refractivity contribution in [3.63, 3.8) is 0 Å². The molecule has 0 atom stereocenters. The van der Waals surface area contributed by atoms with Crippen molar-refractivity contribution in [2.45, 2.75) is 86.9 Å². The van der Waals surface area contributed by atoms with Gasteiger partial charge < -0.3 is 10.2 Å². The van der Waals surface area contributed by atoms with E-state index in [0.717, 1.165) is 47.2 Å². The minimum absolute atomic E-state index is 0.0270. The summed E-state index contributed by atoms with van der Waals surface area (Å²) in [7, 11) is 0. The number of amides is 2. The normalized spacial score (nSPS) is 11.3. The molecular weight excluding hydrogens is 731 g/mol. The maximum absolute atomic E-state index is 13.1. The van der Waals surface area contributed by atoms with Crippen LogP contribution in [-0.4, -0.2) is 53.2 Å². The van der Waals surface area contributed by atoms with Crippen molar-refractivity contribution < 1.29 is 35.5 Å². The molecule has 11 heteroatoms. The van der Waals surface area contributed by atoms with Crippen molar-refractivity contribution in [1.82, 2.24) is 0 Å². The van der Waals surface area contributed by atoms with Crippen molar-refractivity contribution >= 4 is 75.9 Å². The summed E-state index contributed by atoms with van der Waals surface area (Å²) in [5.41, 5.74) is 1.25. The first-order valence-corrected chi connectivity index (χ1v) is 23.4. The van der Waals surface area contributed by atoms with Crippen LogP contribution in [0.5, 0.6) is 11.5 Å². The van der Waals surface area contributed by atoms with E-state index in [1.54, 1.807) is 60.7 Å². The number of hydrogen-bond donors (Lipinski definition) is 4. The Morgan fingerprint density at radius 2 is 1.02 bits per heavy atom. The third-order valence-electron chi connectivity index (χ3n) is 8.27. The van der Waals surface area contributed by atoms with Crippen LogP contribution in [0.15, 0.2) is 72.8 Å². The molecule has 0 aliphatic carbocycles. The van der Waals surface area contributed by atoms with E-state index in [1.165, 1.54) is 0 Å². The van der Waals surface area contributed by atoms with E-state index in [1.807, 2.05) is 26.0 Å². The molecule has 4 rings (SSSR count). The fraction of sp³-hybridized carbons (Fsp3) is 0.368. The van der Waals surface area contributed by atoms with Gasteiger partial charge in [-0.2, -0.15) is 0 Å². The van der Waals surface area contributed by atoms with Crippen LogP contribution in [0, 0.1) is 0 Å². The monoisotopic (exact) mass is 778 g/mol. The number of aromatic hydroxyl groups is 2. The van der Waals surface area contributed by atoms with Gasteiger partial charge in [-0.05, 0) is 0 Å². The van der Waals surface area contributed by atoms with E-state index >= 15 is 0 Å². The predicted molar refractivity (Wildman–Crippen MR) is 194 cm³/mol. The molecule has 49 heavy (non-hydrogen) atoms. The van der Waals surface area contributed by atoms with Gasteiger partial charge in [0.05, 0.1) is 0 Å². The summed E-state index contributed by atoms with van der Waals surface area (Å²) < 4.78 is 13.4. The molecule has 0 radical (unpaired) electrons. The van der Waals surface area contributed by atoms with Crippen LogP contribution in [0.2, 0.25) is 8.87 Å². The summed E-state index contributed by atoms with van der Waals surface area (Å²) in [6.07, 6.45) is 4.11. The molecular formula is C38H46N2O8Sn. The van der Waals surface area contributed by atoms with Crippen molar-refractivity contribution in [3.8, 4) is 11.5 Å². The number of unbranched alkanes of at least 4 members (excludes halogenated alkanes) is 2. The van der Waals surface area contributed by atoms with Crippen LogP contribution in [-0.2, 0) is 25.3 Å². The standard InChI is InChI=1S/2C15H15NO4.2C4H9.Sn/c2*17-11-7-8-12-10(9-11)3-1-4-13(12)16-14(18)5-2-6-15(19)20;2*1-3-4-2;/h2*1,3-4,7-9,17H,2,5-6H2,(H,16,18)(H,19,20);2*1,3-4H2,2H3;/q;;;;+2/p-2. The Labute approximate surface area is 292 Å². The average molecular weight is 778 g/mol. The molecule has 0 unspecified atom stereocenters. The Morgan fingerprint density at radius 3 is 1.43 bits per heavy atom. The number of benzene rings is 4. The number of carbonyl (C=O) groups is 4. The van der Waals surface area contributed by atoms with Crippen LogP contribution in [0.3, 0.4) is 0 Å². The first-order chi connectivity index (χ1) is 23.6. The van der Waals surface area contributed by atoms with Gasteiger partial charge in [0.15, 0.2) is 0 Å². The number of rotatable bonds is 18. The van der Waals surface area contributed by atoms with Crippen LogP contribution >= 0.6 is 0 Å². The molecule has 0 saturated heterocycles. The van der Waals surface area contributed by atoms with E-state index in [4.69, 9.17) is 6.15 Å². The Kier molecular flexibility index (Phi) is 14.1. The number of nitrogens with one attached hydrogen (secondary N) is 2. The molecule has 0 bridgehead atoms. The Hall–Kier alpha value is -4.32. The summed E-state index contributed by atoms with van der Waals surface area (Å²) in [5, 5.41) is 28.5. The zero-order valence-corrected chi connectivity index (χ0v) is 31.1. The molecule has 0 heterocycles. The Bertz CT molecular complexity index is 1650. The van der Waals surface area contributed by atoms with Gasteiger partial charge in [-0.1, -0.05) is 0 Å². The minimum atomic E-state index is -4.19. The van der Waals surface area contributed by atoms with Crippen molar-refractivity contribution in [3.05, 3.63) is 72.8 Å². The quantitative estimate of drug-likeness (QED) is 0.0736. The third-order valence-corrected chi connectivity index (χ3v) is 18.1. The number of carbonyl (C=O) groups excluding carboxylic acids is 4. The summed E-state index contributed by atoms with van der Waals surface area (Å²) >= 11 is -4.19. The van der Waals surface area contributed by atoms with Crippen LogP contribution < -0.4 is 10.6 Å². The first-order valence-electron chi connectivity index (χ1n) is 17.1. The number of phenolic OH excluding ortho intramolecular Hbond substituents is 2. The molecule has 2 amide bonds. The molecule has 260 valence electrons. The summed E-state index contributed by atoms with van der Waals surface area (Å²) in [5.74, 6) is -1.10. The molecule has 0 aliphatic rings. The fourth-order valence-electron chi connectivity index (χ4n) is 5.73. The first kappa shape index (κ1) is 37.5. The van der Waals surface area contributed by atoms with Crippen molar-refractivity contribution in [1.29, 1.82) is 0 Å². The van der Waals surface area contributed by atoms with Crippen molar-refractivity contribution in [2.24, 2.45) is 0 Å². The van der Waals surface area contributed by atoms with Gasteiger partial charge in [0.1, 0.15) is 0 Å². The summed E-state index contributed by atoms with van der Waals surface area (Å²) in [4.78, 5) is 51.7. The molecule has 4 N–H and O–H groups in total. The fourth-order valence-corrected chi connectivity index (χ4v) is 15.8. The van der Waals surface area contributed by atoms with E-state index < -0.39 is 31.1 Å². The van der Waals surface area contributed by atoms with Gasteiger partial charge in [0, 0.05) is 0 Å². The van der Waals surface area contributed by atoms with Crippen LogP contribution in [0.4, 0.5) is 11.4 Å². The number of hydrogen-bond acceptors (Lipinski definition) is 8. The van der Waals surface area contributed by atoms with Crippen LogP contribution in [0.1, 0.15) is 78.1 Å². The van der Waals surface area contributed by atoms with Gasteiger partial charge in [0.25, 0.3) is 0 Å². The average Bonchev–Trinajstić information content (AvgIpc) is 3.06. The van der Waals surface area contributed by atoms with Crippen LogP contribution in [0.25, 0.3) is 21.5 Å². The SMILES string of the molecule is CCC[CH2][Sn]([CH2]CCC)([O]C(=O)CCCC(=O)Nc1cccc2cc(O)ccc12)[O]C(=O)CCCC(=O)Nc1cccc2cc(O)ccc12. The summed E-state index contributed by atoms with van der Waals surface area (Å²) in [6.45, 7) is 4.07. The predicted octanol–water partition coefficient (Wildman–Crippen LogP) is 8.45.